The van der Waals surface area contributed by atoms with E-state index < -0.39 is 11.9 Å². The Morgan fingerprint density at radius 2 is 1.92 bits per heavy atom. The highest BCUT2D eigenvalue weighted by Crippen LogP contribution is 2.46. The van der Waals surface area contributed by atoms with Crippen molar-refractivity contribution in [2.75, 3.05) is 33.2 Å². The minimum atomic E-state index is -0.438. The van der Waals surface area contributed by atoms with Gasteiger partial charge in [-0.2, -0.15) is 11.8 Å². The molecule has 0 fully saturated rings. The Bertz CT molecular complexity index is 1320. The summed E-state index contributed by atoms with van der Waals surface area (Å²) in [6.07, 6.45) is 2.82. The normalized spacial score (nSPS) is 12.1. The predicted octanol–water partition coefficient (Wildman–Crippen LogP) is 4.19. The Morgan fingerprint density at radius 3 is 2.65 bits per heavy atom. The number of thioether (sulfide) groups is 1. The lowest BCUT2D eigenvalue weighted by Crippen LogP contribution is -2.26. The number of methoxy groups -OCH3 is 1. The number of aromatic nitrogens is 1. The molecule has 0 bridgehead atoms. The molecule has 2 aromatic carbocycles. The van der Waals surface area contributed by atoms with Crippen LogP contribution >= 0.6 is 11.8 Å². The van der Waals surface area contributed by atoms with Gasteiger partial charge in [0.15, 0.2) is 11.5 Å². The van der Waals surface area contributed by atoms with Crippen LogP contribution in [0.1, 0.15) is 34.9 Å². The molecule has 37 heavy (non-hydrogen) atoms. The Balaban J connectivity index is 1.37. The molecule has 10 heteroatoms. The minimum Gasteiger partial charge on any atom is -0.497 e. The summed E-state index contributed by atoms with van der Waals surface area (Å²) >= 11 is 1.75. The fraction of sp³-hybridized carbons (Fsp3) is 0.407. The first-order valence-corrected chi connectivity index (χ1v) is 13.4. The molecule has 0 aliphatic carbocycles. The molecule has 0 atom stereocenters. The first kappa shape index (κ1) is 26.7. The Labute approximate surface area is 220 Å². The molecule has 198 valence electrons. The summed E-state index contributed by atoms with van der Waals surface area (Å²) in [7, 11) is 1.66. The van der Waals surface area contributed by atoms with E-state index in [1.54, 1.807) is 32.7 Å². The number of benzene rings is 2. The first-order valence-electron chi connectivity index (χ1n) is 12.0. The van der Waals surface area contributed by atoms with Crippen LogP contribution in [0.5, 0.6) is 23.0 Å². The van der Waals surface area contributed by atoms with Crippen LogP contribution in [-0.2, 0) is 33.1 Å². The molecule has 4 rings (SSSR count). The fourth-order valence-electron chi connectivity index (χ4n) is 4.51. The number of hydrogen-bond donors (Lipinski definition) is 2. The summed E-state index contributed by atoms with van der Waals surface area (Å²) in [6.45, 7) is 5.64. The average Bonchev–Trinajstić information content (AvgIpc) is 3.49. The topological polar surface area (TPSA) is 108 Å². The van der Waals surface area contributed by atoms with Gasteiger partial charge in [-0.25, -0.2) is 0 Å². The van der Waals surface area contributed by atoms with Crippen molar-refractivity contribution in [3.8, 4) is 23.0 Å². The van der Waals surface area contributed by atoms with Crippen molar-refractivity contribution in [2.45, 2.75) is 39.6 Å². The highest BCUT2D eigenvalue weighted by Gasteiger charge is 2.28. The molecule has 0 spiro atoms. The Morgan fingerprint density at radius 1 is 1.14 bits per heavy atom. The van der Waals surface area contributed by atoms with Gasteiger partial charge >= 0.3 is 11.9 Å². The van der Waals surface area contributed by atoms with Crippen molar-refractivity contribution in [1.82, 2.24) is 10.3 Å². The second-order valence-corrected chi connectivity index (χ2v) is 9.60. The fourth-order valence-corrected chi connectivity index (χ4v) is 5.05. The zero-order valence-corrected chi connectivity index (χ0v) is 22.6. The molecule has 3 aromatic rings. The SMILES string of the molecule is COc1ccc2[nH]c(CSC)c(CCNCC(=O)OCc3c(C)c(OC(C)=O)c(C)c4c3OCO4)c2c1. The Hall–Kier alpha value is -3.37. The maximum atomic E-state index is 12.5. The number of rotatable bonds is 11. The largest absolute Gasteiger partial charge is 0.497 e. The maximum absolute atomic E-state index is 12.5. The van der Waals surface area contributed by atoms with Crippen molar-refractivity contribution < 1.29 is 33.3 Å². The van der Waals surface area contributed by atoms with Crippen LogP contribution in [0.25, 0.3) is 10.9 Å². The number of carbonyl (C=O) groups excluding carboxylic acids is 2. The van der Waals surface area contributed by atoms with Gasteiger partial charge in [-0.05, 0) is 56.8 Å². The molecule has 9 nitrogen and oxygen atoms in total. The van der Waals surface area contributed by atoms with Crippen molar-refractivity contribution in [3.63, 3.8) is 0 Å². The third-order valence-electron chi connectivity index (χ3n) is 6.30. The maximum Gasteiger partial charge on any atom is 0.320 e. The van der Waals surface area contributed by atoms with E-state index in [4.69, 9.17) is 23.7 Å². The number of fused-ring (bicyclic) bond motifs is 2. The van der Waals surface area contributed by atoms with Crippen molar-refractivity contribution >= 4 is 34.6 Å². The van der Waals surface area contributed by atoms with Gasteiger partial charge < -0.3 is 34.0 Å². The number of esters is 2. The molecular formula is C27H32N2O7S. The van der Waals surface area contributed by atoms with Crippen molar-refractivity contribution in [2.24, 2.45) is 0 Å². The van der Waals surface area contributed by atoms with Crippen LogP contribution in [0.2, 0.25) is 0 Å². The second kappa shape index (κ2) is 11.8. The molecule has 0 unspecified atom stereocenters. The van der Waals surface area contributed by atoms with Gasteiger partial charge in [0.2, 0.25) is 6.79 Å². The highest BCUT2D eigenvalue weighted by molar-refractivity contribution is 7.97. The summed E-state index contributed by atoms with van der Waals surface area (Å²) in [6, 6.07) is 6.01. The molecule has 1 aromatic heterocycles. The zero-order valence-electron chi connectivity index (χ0n) is 21.7. The molecule has 2 heterocycles. The van der Waals surface area contributed by atoms with E-state index in [1.807, 2.05) is 18.2 Å². The monoisotopic (exact) mass is 528 g/mol. The zero-order chi connectivity index (χ0) is 26.5. The lowest BCUT2D eigenvalue weighted by Gasteiger charge is -2.17. The quantitative estimate of drug-likeness (QED) is 0.215. The van der Waals surface area contributed by atoms with Gasteiger partial charge in [-0.15, -0.1) is 0 Å². The lowest BCUT2D eigenvalue weighted by atomic mass is 10.0. The molecule has 0 radical (unpaired) electrons. The van der Waals surface area contributed by atoms with Crippen LogP contribution < -0.4 is 24.3 Å². The van der Waals surface area contributed by atoms with Gasteiger partial charge in [-0.1, -0.05) is 0 Å². The number of H-pyrrole nitrogens is 1. The van der Waals surface area contributed by atoms with Gasteiger partial charge in [0, 0.05) is 46.0 Å². The van der Waals surface area contributed by atoms with Gasteiger partial charge in [0.1, 0.15) is 18.1 Å². The third kappa shape index (κ3) is 5.80. The summed E-state index contributed by atoms with van der Waals surface area (Å²) in [5.41, 5.74) is 5.43. The number of hydrogen-bond acceptors (Lipinski definition) is 9. The van der Waals surface area contributed by atoms with Crippen LogP contribution in [0, 0.1) is 13.8 Å². The van der Waals surface area contributed by atoms with Gasteiger partial charge in [0.25, 0.3) is 0 Å². The van der Waals surface area contributed by atoms with E-state index in [0.717, 1.165) is 28.8 Å². The van der Waals surface area contributed by atoms with E-state index >= 15 is 0 Å². The first-order chi connectivity index (χ1) is 17.8. The lowest BCUT2D eigenvalue weighted by molar-refractivity contribution is -0.144. The molecule has 0 amide bonds. The molecule has 1 aliphatic heterocycles. The molecule has 0 saturated carbocycles. The van der Waals surface area contributed by atoms with Gasteiger partial charge in [-0.3, -0.25) is 9.59 Å². The van der Waals surface area contributed by atoms with Crippen molar-refractivity contribution in [3.05, 3.63) is 46.1 Å². The van der Waals surface area contributed by atoms with E-state index in [-0.39, 0.29) is 19.9 Å². The number of ether oxygens (including phenoxy) is 5. The Kier molecular flexibility index (Phi) is 8.50. The van der Waals surface area contributed by atoms with Crippen LogP contribution in [0.4, 0.5) is 0 Å². The van der Waals surface area contributed by atoms with Crippen molar-refractivity contribution in [1.29, 1.82) is 0 Å². The van der Waals surface area contributed by atoms with E-state index in [9.17, 15) is 9.59 Å². The number of aromatic amines is 1. The summed E-state index contributed by atoms with van der Waals surface area (Å²) < 4.78 is 27.5. The minimum absolute atomic E-state index is 0.0211. The highest BCUT2D eigenvalue weighted by atomic mass is 32.2. The third-order valence-corrected chi connectivity index (χ3v) is 6.87. The smallest absolute Gasteiger partial charge is 0.320 e. The number of carbonyl (C=O) groups is 2. The predicted molar refractivity (Wildman–Crippen MR) is 142 cm³/mol. The standard InChI is InChI=1S/C27H32N2O7S/c1-15-21(27-26(34-14-35-27)16(2)25(15)36-17(3)30)12-33-24(31)11-28-9-8-19-20-10-18(32-4)6-7-22(20)29-23(19)13-37-5/h6-7,10,28-29H,8-9,11-14H2,1-5H3. The number of nitrogens with one attached hydrogen (secondary N) is 2. The molecular weight excluding hydrogens is 496 g/mol. The van der Waals surface area contributed by atoms with E-state index in [0.29, 0.717) is 40.5 Å². The van der Waals surface area contributed by atoms with Gasteiger partial charge in [0.05, 0.1) is 13.7 Å². The summed E-state index contributed by atoms with van der Waals surface area (Å²) in [5.74, 6) is 2.26. The molecule has 2 N–H and O–H groups in total. The molecule has 0 saturated heterocycles. The molecule has 1 aliphatic rings. The van der Waals surface area contributed by atoms with Crippen LogP contribution in [0.3, 0.4) is 0 Å². The van der Waals surface area contributed by atoms with E-state index in [1.165, 1.54) is 18.2 Å². The summed E-state index contributed by atoms with van der Waals surface area (Å²) in [5, 5.41) is 4.31. The van der Waals surface area contributed by atoms with E-state index in [2.05, 4.69) is 16.6 Å². The second-order valence-electron chi connectivity index (χ2n) is 8.73. The van der Waals surface area contributed by atoms with Crippen LogP contribution in [0.15, 0.2) is 18.2 Å². The average molecular weight is 529 g/mol. The van der Waals surface area contributed by atoms with Crippen LogP contribution in [-0.4, -0.2) is 50.2 Å². The summed E-state index contributed by atoms with van der Waals surface area (Å²) in [4.78, 5) is 27.6.